The minimum absolute atomic E-state index is 0.00902. The van der Waals surface area contributed by atoms with Crippen LogP contribution in [0.1, 0.15) is 48.3 Å². The summed E-state index contributed by atoms with van der Waals surface area (Å²) in [5.41, 5.74) is 9.86. The van der Waals surface area contributed by atoms with Gasteiger partial charge in [0.1, 0.15) is 0 Å². The SMILES string of the molecule is Nc1ccccc1NC(=O)CCCCNC(=O)C1=CC(c2ccccc2)CC(OCc2ccc(CO)cc2)O1. The number of nitrogen functional groups attached to an aromatic ring is 1. The van der Waals surface area contributed by atoms with Crippen molar-refractivity contribution in [1.82, 2.24) is 5.32 Å². The number of hydrogen-bond acceptors (Lipinski definition) is 6. The molecular weight excluding hydrogens is 494 g/mol. The number of carbonyl (C=O) groups excluding carboxylic acids is 2. The molecule has 2 amide bonds. The standard InChI is InChI=1S/C31H35N3O5/c32-26-10-4-5-11-27(26)34-29(36)12-6-7-17-33-31(37)28-18-25(24-8-2-1-3-9-24)19-30(39-28)38-21-23-15-13-22(20-35)14-16-23/h1-5,8-11,13-16,18,25,30,35H,6-7,12,17,19-21,32H2,(H,33,37)(H,34,36). The molecule has 0 radical (unpaired) electrons. The molecular formula is C31H35N3O5. The Morgan fingerprint density at radius 3 is 2.41 bits per heavy atom. The van der Waals surface area contributed by atoms with Crippen molar-refractivity contribution in [2.45, 2.75) is 51.1 Å². The van der Waals surface area contributed by atoms with E-state index in [9.17, 15) is 14.7 Å². The Hall–Kier alpha value is -4.14. The molecule has 0 saturated carbocycles. The highest BCUT2D eigenvalue weighted by Gasteiger charge is 2.28. The van der Waals surface area contributed by atoms with Gasteiger partial charge in [0.25, 0.3) is 5.91 Å². The van der Waals surface area contributed by atoms with E-state index in [4.69, 9.17) is 15.2 Å². The van der Waals surface area contributed by atoms with Crippen LogP contribution in [-0.2, 0) is 32.3 Å². The number of carbonyl (C=O) groups is 2. The first-order valence-electron chi connectivity index (χ1n) is 13.2. The largest absolute Gasteiger partial charge is 0.459 e. The monoisotopic (exact) mass is 529 g/mol. The van der Waals surface area contributed by atoms with E-state index in [2.05, 4.69) is 10.6 Å². The van der Waals surface area contributed by atoms with Crippen molar-refractivity contribution in [2.24, 2.45) is 0 Å². The van der Waals surface area contributed by atoms with Gasteiger partial charge in [0.2, 0.25) is 12.2 Å². The van der Waals surface area contributed by atoms with Crippen LogP contribution in [0.3, 0.4) is 0 Å². The number of anilines is 2. The molecule has 3 aromatic carbocycles. The van der Waals surface area contributed by atoms with Crippen molar-refractivity contribution < 1.29 is 24.2 Å². The summed E-state index contributed by atoms with van der Waals surface area (Å²) >= 11 is 0. The maximum absolute atomic E-state index is 13.0. The lowest BCUT2D eigenvalue weighted by atomic mass is 9.93. The summed E-state index contributed by atoms with van der Waals surface area (Å²) in [6, 6.07) is 24.6. The van der Waals surface area contributed by atoms with E-state index < -0.39 is 6.29 Å². The van der Waals surface area contributed by atoms with Gasteiger partial charge in [-0.3, -0.25) is 9.59 Å². The van der Waals surface area contributed by atoms with Crippen molar-refractivity contribution in [3.05, 3.63) is 107 Å². The molecule has 1 heterocycles. The minimum Gasteiger partial charge on any atom is -0.459 e. The zero-order chi connectivity index (χ0) is 27.5. The highest BCUT2D eigenvalue weighted by atomic mass is 16.7. The number of allylic oxidation sites excluding steroid dienone is 1. The Bertz CT molecular complexity index is 1260. The molecule has 1 aliphatic rings. The third kappa shape index (κ3) is 8.43. The van der Waals surface area contributed by atoms with Crippen LogP contribution in [0.15, 0.2) is 90.7 Å². The average molecular weight is 530 g/mol. The molecule has 2 atom stereocenters. The van der Waals surface area contributed by atoms with Crippen molar-refractivity contribution in [3.63, 3.8) is 0 Å². The highest BCUT2D eigenvalue weighted by molar-refractivity contribution is 5.93. The summed E-state index contributed by atoms with van der Waals surface area (Å²) in [7, 11) is 0. The lowest BCUT2D eigenvalue weighted by molar-refractivity contribution is -0.150. The van der Waals surface area contributed by atoms with E-state index in [1.54, 1.807) is 12.1 Å². The van der Waals surface area contributed by atoms with Crippen molar-refractivity contribution in [2.75, 3.05) is 17.6 Å². The summed E-state index contributed by atoms with van der Waals surface area (Å²) in [6.45, 7) is 0.730. The van der Waals surface area contributed by atoms with Crippen LogP contribution in [0, 0.1) is 0 Å². The lowest BCUT2D eigenvalue weighted by Crippen LogP contribution is -2.33. The molecule has 0 aromatic heterocycles. The van der Waals surface area contributed by atoms with E-state index in [1.807, 2.05) is 72.8 Å². The molecule has 0 fully saturated rings. The summed E-state index contributed by atoms with van der Waals surface area (Å²) in [5.74, 6) is -0.225. The van der Waals surface area contributed by atoms with E-state index in [0.717, 1.165) is 16.7 Å². The summed E-state index contributed by atoms with van der Waals surface area (Å²) in [5, 5.41) is 15.0. The number of hydrogen-bond donors (Lipinski definition) is 4. The first-order valence-corrected chi connectivity index (χ1v) is 13.2. The molecule has 8 heteroatoms. The number of aliphatic hydroxyl groups excluding tert-OH is 1. The molecule has 0 aliphatic carbocycles. The first kappa shape index (κ1) is 27.9. The molecule has 2 unspecified atom stereocenters. The van der Waals surface area contributed by atoms with Gasteiger partial charge in [-0.1, -0.05) is 66.7 Å². The van der Waals surface area contributed by atoms with Crippen LogP contribution in [-0.4, -0.2) is 29.8 Å². The van der Waals surface area contributed by atoms with Gasteiger partial charge >= 0.3 is 0 Å². The zero-order valence-corrected chi connectivity index (χ0v) is 21.8. The Labute approximate surface area is 228 Å². The van der Waals surface area contributed by atoms with E-state index in [0.29, 0.717) is 50.2 Å². The van der Waals surface area contributed by atoms with Gasteiger partial charge in [0.15, 0.2) is 5.76 Å². The Kier molecular flexibility index (Phi) is 10.1. The fraction of sp³-hybridized carbons (Fsp3) is 0.290. The van der Waals surface area contributed by atoms with E-state index in [1.165, 1.54) is 0 Å². The fourth-order valence-electron chi connectivity index (χ4n) is 4.30. The molecule has 3 aromatic rings. The van der Waals surface area contributed by atoms with Crippen LogP contribution >= 0.6 is 0 Å². The topological polar surface area (TPSA) is 123 Å². The van der Waals surface area contributed by atoms with E-state index >= 15 is 0 Å². The van der Waals surface area contributed by atoms with Crippen molar-refractivity contribution in [3.8, 4) is 0 Å². The van der Waals surface area contributed by atoms with Crippen LogP contribution in [0.25, 0.3) is 0 Å². The maximum Gasteiger partial charge on any atom is 0.286 e. The first-order chi connectivity index (χ1) is 19.0. The number of nitrogens with one attached hydrogen (secondary N) is 2. The number of benzene rings is 3. The molecule has 0 spiro atoms. The Balaban J connectivity index is 1.28. The molecule has 0 saturated heterocycles. The van der Waals surface area contributed by atoms with Crippen LogP contribution < -0.4 is 16.4 Å². The Morgan fingerprint density at radius 2 is 1.67 bits per heavy atom. The second-order valence-corrected chi connectivity index (χ2v) is 9.47. The van der Waals surface area contributed by atoms with Crippen molar-refractivity contribution in [1.29, 1.82) is 0 Å². The van der Waals surface area contributed by atoms with Crippen LogP contribution in [0.4, 0.5) is 11.4 Å². The lowest BCUT2D eigenvalue weighted by Gasteiger charge is -2.29. The molecule has 204 valence electrons. The van der Waals surface area contributed by atoms with Gasteiger partial charge in [-0.25, -0.2) is 0 Å². The molecule has 0 bridgehead atoms. The van der Waals surface area contributed by atoms with Gasteiger partial charge in [-0.15, -0.1) is 0 Å². The van der Waals surface area contributed by atoms with E-state index in [-0.39, 0.29) is 30.1 Å². The number of aliphatic hydroxyl groups is 1. The zero-order valence-electron chi connectivity index (χ0n) is 21.8. The van der Waals surface area contributed by atoms with Gasteiger partial charge in [-0.05, 0) is 47.7 Å². The molecule has 8 nitrogen and oxygen atoms in total. The summed E-state index contributed by atoms with van der Waals surface area (Å²) in [6.07, 6.45) is 3.42. The predicted molar refractivity (Wildman–Crippen MR) is 150 cm³/mol. The van der Waals surface area contributed by atoms with Gasteiger partial charge in [-0.2, -0.15) is 0 Å². The second kappa shape index (κ2) is 14.1. The number of rotatable bonds is 12. The smallest absolute Gasteiger partial charge is 0.286 e. The number of ether oxygens (including phenoxy) is 2. The van der Waals surface area contributed by atoms with Gasteiger partial charge < -0.3 is 30.9 Å². The molecule has 39 heavy (non-hydrogen) atoms. The highest BCUT2D eigenvalue weighted by Crippen LogP contribution is 2.31. The predicted octanol–water partition coefficient (Wildman–Crippen LogP) is 4.62. The normalized spacial score (nSPS) is 16.6. The quantitative estimate of drug-likeness (QED) is 0.201. The number of nitrogens with two attached hydrogens (primary N) is 1. The summed E-state index contributed by atoms with van der Waals surface area (Å²) < 4.78 is 12.0. The fourth-order valence-corrected chi connectivity index (χ4v) is 4.30. The van der Waals surface area contributed by atoms with Gasteiger partial charge in [0, 0.05) is 25.3 Å². The number of amides is 2. The Morgan fingerprint density at radius 1 is 0.949 bits per heavy atom. The summed E-state index contributed by atoms with van der Waals surface area (Å²) in [4.78, 5) is 25.2. The molecule has 4 rings (SSSR count). The molecule has 1 aliphatic heterocycles. The number of para-hydroxylation sites is 2. The van der Waals surface area contributed by atoms with Gasteiger partial charge in [0.05, 0.1) is 24.6 Å². The maximum atomic E-state index is 13.0. The third-order valence-electron chi connectivity index (χ3n) is 6.50. The van der Waals surface area contributed by atoms with Crippen LogP contribution in [0.5, 0.6) is 0 Å². The average Bonchev–Trinajstić information content (AvgIpc) is 2.97. The second-order valence-electron chi connectivity index (χ2n) is 9.47. The minimum atomic E-state index is -0.590. The van der Waals surface area contributed by atoms with Crippen LogP contribution in [0.2, 0.25) is 0 Å². The third-order valence-corrected chi connectivity index (χ3v) is 6.50. The number of unbranched alkanes of at least 4 members (excludes halogenated alkanes) is 1. The van der Waals surface area contributed by atoms with Crippen molar-refractivity contribution >= 4 is 23.2 Å². The molecule has 5 N–H and O–H groups in total.